The lowest BCUT2D eigenvalue weighted by molar-refractivity contribution is -0.118. The van der Waals surface area contributed by atoms with Crippen LogP contribution in [-0.2, 0) is 4.79 Å². The number of benzene rings is 3. The molecule has 0 aliphatic heterocycles. The van der Waals surface area contributed by atoms with Crippen LogP contribution in [0.25, 0.3) is 0 Å². The molecule has 0 saturated heterocycles. The van der Waals surface area contributed by atoms with Gasteiger partial charge >= 0.3 is 0 Å². The van der Waals surface area contributed by atoms with Gasteiger partial charge in [0, 0.05) is 16.9 Å². The SMILES string of the molecule is COc1ccc(C(=O)Nc2cccc(NC(=O)COc3ccccc3OC)c2)cc1OC. The van der Waals surface area contributed by atoms with Crippen LogP contribution in [0.4, 0.5) is 11.4 Å². The van der Waals surface area contributed by atoms with Crippen LogP contribution in [-0.4, -0.2) is 39.8 Å². The lowest BCUT2D eigenvalue weighted by Crippen LogP contribution is -2.20. The second-order valence-corrected chi connectivity index (χ2v) is 6.59. The first-order valence-corrected chi connectivity index (χ1v) is 9.73. The van der Waals surface area contributed by atoms with Gasteiger partial charge in [-0.25, -0.2) is 0 Å². The third-order valence-corrected chi connectivity index (χ3v) is 4.48. The molecule has 8 heteroatoms. The fraction of sp³-hybridized carbons (Fsp3) is 0.167. The van der Waals surface area contributed by atoms with Crippen LogP contribution >= 0.6 is 0 Å². The van der Waals surface area contributed by atoms with Crippen LogP contribution in [0, 0.1) is 0 Å². The molecule has 0 heterocycles. The summed E-state index contributed by atoms with van der Waals surface area (Å²) in [6.07, 6.45) is 0. The number of amides is 2. The standard InChI is InChI=1S/C24H24N2O6/c1-29-19-9-4-5-10-21(19)32-15-23(27)25-17-7-6-8-18(14-17)26-24(28)16-11-12-20(30-2)22(13-16)31-3/h4-14H,15H2,1-3H3,(H,25,27)(H,26,28). The third-order valence-electron chi connectivity index (χ3n) is 4.48. The van der Waals surface area contributed by atoms with Crippen molar-refractivity contribution in [2.45, 2.75) is 0 Å². The maximum atomic E-state index is 12.6. The van der Waals surface area contributed by atoms with Crippen molar-refractivity contribution in [2.24, 2.45) is 0 Å². The average molecular weight is 436 g/mol. The number of para-hydroxylation sites is 2. The summed E-state index contributed by atoms with van der Waals surface area (Å²) in [6, 6.07) is 18.8. The summed E-state index contributed by atoms with van der Waals surface area (Å²) < 4.78 is 21.2. The molecule has 8 nitrogen and oxygen atoms in total. The highest BCUT2D eigenvalue weighted by Crippen LogP contribution is 2.28. The number of ether oxygens (including phenoxy) is 4. The van der Waals surface area contributed by atoms with Crippen LogP contribution < -0.4 is 29.6 Å². The molecular formula is C24H24N2O6. The number of carbonyl (C=O) groups excluding carboxylic acids is 2. The molecule has 0 aromatic heterocycles. The van der Waals surface area contributed by atoms with Gasteiger partial charge in [-0.2, -0.15) is 0 Å². The van der Waals surface area contributed by atoms with Crippen molar-refractivity contribution in [1.29, 1.82) is 0 Å². The van der Waals surface area contributed by atoms with Crippen molar-refractivity contribution in [2.75, 3.05) is 38.6 Å². The normalized spacial score (nSPS) is 10.1. The number of carbonyl (C=O) groups is 2. The highest BCUT2D eigenvalue weighted by Gasteiger charge is 2.12. The van der Waals surface area contributed by atoms with Crippen LogP contribution in [0.3, 0.4) is 0 Å². The highest BCUT2D eigenvalue weighted by atomic mass is 16.5. The fourth-order valence-electron chi connectivity index (χ4n) is 2.93. The Morgan fingerprint density at radius 2 is 1.31 bits per heavy atom. The van der Waals surface area contributed by atoms with E-state index in [1.165, 1.54) is 21.3 Å². The van der Waals surface area contributed by atoms with Gasteiger partial charge in [0.2, 0.25) is 0 Å². The Labute approximate surface area is 186 Å². The molecule has 0 atom stereocenters. The molecule has 0 fully saturated rings. The zero-order valence-corrected chi connectivity index (χ0v) is 18.0. The molecule has 2 N–H and O–H groups in total. The molecule has 0 bridgehead atoms. The molecule has 0 spiro atoms. The number of rotatable bonds is 9. The molecule has 0 saturated carbocycles. The third kappa shape index (κ3) is 5.69. The van der Waals surface area contributed by atoms with E-state index in [9.17, 15) is 9.59 Å². The summed E-state index contributed by atoms with van der Waals surface area (Å²) in [5.74, 6) is 1.33. The predicted octanol–water partition coefficient (Wildman–Crippen LogP) is 3.98. The van der Waals surface area contributed by atoms with Crippen molar-refractivity contribution >= 4 is 23.2 Å². The minimum Gasteiger partial charge on any atom is -0.493 e. The Hall–Kier alpha value is -4.20. The lowest BCUT2D eigenvalue weighted by Gasteiger charge is -2.12. The molecular weight excluding hydrogens is 412 g/mol. The van der Waals surface area contributed by atoms with Gasteiger partial charge in [0.1, 0.15) is 0 Å². The average Bonchev–Trinajstić information content (AvgIpc) is 2.82. The number of hydrogen-bond acceptors (Lipinski definition) is 6. The Morgan fingerprint density at radius 1 is 0.688 bits per heavy atom. The van der Waals surface area contributed by atoms with Crippen molar-refractivity contribution in [3.63, 3.8) is 0 Å². The monoisotopic (exact) mass is 436 g/mol. The van der Waals surface area contributed by atoms with Crippen molar-refractivity contribution in [3.05, 3.63) is 72.3 Å². The highest BCUT2D eigenvalue weighted by molar-refractivity contribution is 6.05. The number of anilines is 2. The molecule has 3 rings (SSSR count). The van der Waals surface area contributed by atoms with E-state index < -0.39 is 0 Å². The Morgan fingerprint density at radius 3 is 2.00 bits per heavy atom. The van der Waals surface area contributed by atoms with Gasteiger partial charge < -0.3 is 29.6 Å². The summed E-state index contributed by atoms with van der Waals surface area (Å²) in [4.78, 5) is 24.9. The zero-order valence-electron chi connectivity index (χ0n) is 18.0. The lowest BCUT2D eigenvalue weighted by atomic mass is 10.1. The van der Waals surface area contributed by atoms with Crippen molar-refractivity contribution < 1.29 is 28.5 Å². The number of nitrogens with one attached hydrogen (secondary N) is 2. The minimum absolute atomic E-state index is 0.192. The maximum absolute atomic E-state index is 12.6. The molecule has 0 radical (unpaired) electrons. The van der Waals surface area contributed by atoms with E-state index in [-0.39, 0.29) is 18.4 Å². The van der Waals surface area contributed by atoms with Gasteiger partial charge in [0.15, 0.2) is 29.6 Å². The molecule has 0 unspecified atom stereocenters. The molecule has 3 aromatic rings. The van der Waals surface area contributed by atoms with E-state index in [4.69, 9.17) is 18.9 Å². The van der Waals surface area contributed by atoms with Gasteiger partial charge in [-0.1, -0.05) is 18.2 Å². The van der Waals surface area contributed by atoms with E-state index >= 15 is 0 Å². The predicted molar refractivity (Wildman–Crippen MR) is 121 cm³/mol. The van der Waals surface area contributed by atoms with E-state index in [1.54, 1.807) is 60.7 Å². The Balaban J connectivity index is 1.61. The van der Waals surface area contributed by atoms with E-state index in [2.05, 4.69) is 10.6 Å². The molecule has 0 aliphatic rings. The summed E-state index contributed by atoms with van der Waals surface area (Å²) in [5.41, 5.74) is 1.44. The molecule has 32 heavy (non-hydrogen) atoms. The van der Waals surface area contributed by atoms with Crippen LogP contribution in [0.5, 0.6) is 23.0 Å². The van der Waals surface area contributed by atoms with Gasteiger partial charge in [-0.05, 0) is 48.5 Å². The quantitative estimate of drug-likeness (QED) is 0.527. The first-order chi connectivity index (χ1) is 15.5. The second-order valence-electron chi connectivity index (χ2n) is 6.59. The molecule has 166 valence electrons. The topological polar surface area (TPSA) is 95.1 Å². The number of hydrogen-bond donors (Lipinski definition) is 2. The van der Waals surface area contributed by atoms with E-state index in [0.717, 1.165) is 0 Å². The van der Waals surface area contributed by atoms with E-state index in [1.807, 2.05) is 6.07 Å². The van der Waals surface area contributed by atoms with Crippen LogP contribution in [0.1, 0.15) is 10.4 Å². The van der Waals surface area contributed by atoms with Crippen molar-refractivity contribution in [1.82, 2.24) is 0 Å². The molecule has 0 aliphatic carbocycles. The first-order valence-electron chi connectivity index (χ1n) is 9.73. The fourth-order valence-corrected chi connectivity index (χ4v) is 2.93. The maximum Gasteiger partial charge on any atom is 0.262 e. The summed E-state index contributed by atoms with van der Waals surface area (Å²) in [7, 11) is 4.56. The summed E-state index contributed by atoms with van der Waals surface area (Å²) in [5, 5.41) is 5.54. The summed E-state index contributed by atoms with van der Waals surface area (Å²) in [6.45, 7) is -0.192. The summed E-state index contributed by atoms with van der Waals surface area (Å²) >= 11 is 0. The molecule has 2 amide bonds. The zero-order chi connectivity index (χ0) is 22.9. The van der Waals surface area contributed by atoms with Gasteiger partial charge in [-0.15, -0.1) is 0 Å². The van der Waals surface area contributed by atoms with Crippen LogP contribution in [0.15, 0.2) is 66.7 Å². The smallest absolute Gasteiger partial charge is 0.262 e. The van der Waals surface area contributed by atoms with Crippen LogP contribution in [0.2, 0.25) is 0 Å². The largest absolute Gasteiger partial charge is 0.493 e. The van der Waals surface area contributed by atoms with E-state index in [0.29, 0.717) is 39.9 Å². The van der Waals surface area contributed by atoms with Gasteiger partial charge in [0.25, 0.3) is 11.8 Å². The minimum atomic E-state index is -0.348. The van der Waals surface area contributed by atoms with Gasteiger partial charge in [0.05, 0.1) is 21.3 Å². The Bertz CT molecular complexity index is 1100. The van der Waals surface area contributed by atoms with Crippen molar-refractivity contribution in [3.8, 4) is 23.0 Å². The Kier molecular flexibility index (Phi) is 7.53. The first kappa shape index (κ1) is 22.5. The molecule has 3 aromatic carbocycles. The number of methoxy groups -OCH3 is 3. The van der Waals surface area contributed by atoms with Gasteiger partial charge in [-0.3, -0.25) is 9.59 Å². The second kappa shape index (κ2) is 10.7.